The summed E-state index contributed by atoms with van der Waals surface area (Å²) in [6.07, 6.45) is 3.38. The second-order valence-electron chi connectivity index (χ2n) is 8.61. The van der Waals surface area contributed by atoms with Crippen LogP contribution in [-0.4, -0.2) is 73.1 Å². The highest BCUT2D eigenvalue weighted by Crippen LogP contribution is 2.41. The van der Waals surface area contributed by atoms with Gasteiger partial charge in [-0.25, -0.2) is 0 Å². The molecule has 1 atom stereocenters. The molecule has 1 aliphatic carbocycles. The number of nitrogens with zero attached hydrogens (tertiary/aromatic N) is 2. The Bertz CT molecular complexity index is 801. The number of halogens is 2. The average Bonchev–Trinajstić information content (AvgIpc) is 3.57. The Hall–Kier alpha value is -1.34. The molecule has 6 nitrogen and oxygen atoms in total. The summed E-state index contributed by atoms with van der Waals surface area (Å²) in [5.41, 5.74) is 0.151. The maximum absolute atomic E-state index is 13.8. The third-order valence-corrected chi connectivity index (χ3v) is 7.20. The monoisotopic (exact) mass is 453 g/mol. The van der Waals surface area contributed by atoms with Crippen molar-refractivity contribution in [3.05, 3.63) is 33.8 Å². The maximum atomic E-state index is 13.8. The zero-order chi connectivity index (χ0) is 21.3. The van der Waals surface area contributed by atoms with Crippen molar-refractivity contribution in [2.24, 2.45) is 0 Å². The molecule has 3 fully saturated rings. The Morgan fingerprint density at radius 2 is 1.80 bits per heavy atom. The van der Waals surface area contributed by atoms with Gasteiger partial charge in [-0.1, -0.05) is 29.3 Å². The Labute approximate surface area is 187 Å². The van der Waals surface area contributed by atoms with E-state index in [9.17, 15) is 9.59 Å². The van der Waals surface area contributed by atoms with Crippen molar-refractivity contribution in [3.8, 4) is 0 Å². The van der Waals surface area contributed by atoms with E-state index < -0.39 is 5.41 Å². The SMILES string of the molecule is CC(C(=O)NC1CC1)N1CCN(C(=O)C2(c3ccc(Cl)cc3Cl)CCOCC2)CC1. The van der Waals surface area contributed by atoms with Gasteiger partial charge < -0.3 is 15.0 Å². The summed E-state index contributed by atoms with van der Waals surface area (Å²) in [7, 11) is 0. The first-order chi connectivity index (χ1) is 14.4. The minimum Gasteiger partial charge on any atom is -0.381 e. The predicted octanol–water partition coefficient (Wildman–Crippen LogP) is 2.85. The lowest BCUT2D eigenvalue weighted by atomic mass is 9.72. The van der Waals surface area contributed by atoms with Crippen LogP contribution in [0.1, 0.15) is 38.2 Å². The van der Waals surface area contributed by atoms with Crippen molar-refractivity contribution in [3.63, 3.8) is 0 Å². The standard InChI is InChI=1S/C22H29Cl2N3O3/c1-15(20(28)25-17-3-4-17)26-8-10-27(11-9-26)21(29)22(6-12-30-13-7-22)18-5-2-16(23)14-19(18)24/h2,5,14-15,17H,3-4,6-13H2,1H3,(H,25,28). The summed E-state index contributed by atoms with van der Waals surface area (Å²) in [4.78, 5) is 30.2. The fourth-order valence-corrected chi connectivity index (χ4v) is 5.12. The molecule has 2 saturated heterocycles. The second kappa shape index (κ2) is 9.03. The normalized spacial score (nSPS) is 23.1. The van der Waals surface area contributed by atoms with Gasteiger partial charge in [-0.15, -0.1) is 0 Å². The molecule has 8 heteroatoms. The van der Waals surface area contributed by atoms with E-state index in [-0.39, 0.29) is 17.9 Å². The number of rotatable bonds is 5. The maximum Gasteiger partial charge on any atom is 0.237 e. The molecule has 2 amide bonds. The third kappa shape index (κ3) is 4.47. The van der Waals surface area contributed by atoms with Crippen molar-refractivity contribution in [2.75, 3.05) is 39.4 Å². The van der Waals surface area contributed by atoms with Crippen LogP contribution in [0.25, 0.3) is 0 Å². The van der Waals surface area contributed by atoms with E-state index in [0.717, 1.165) is 18.4 Å². The van der Waals surface area contributed by atoms with E-state index in [1.807, 2.05) is 17.9 Å². The lowest BCUT2D eigenvalue weighted by Gasteiger charge is -2.44. The highest BCUT2D eigenvalue weighted by molar-refractivity contribution is 6.35. The summed E-state index contributed by atoms with van der Waals surface area (Å²) in [6.45, 7) is 5.59. The van der Waals surface area contributed by atoms with Crippen LogP contribution in [0.5, 0.6) is 0 Å². The van der Waals surface area contributed by atoms with Gasteiger partial charge in [-0.05, 0) is 50.3 Å². The fraction of sp³-hybridized carbons (Fsp3) is 0.636. The number of carbonyl (C=O) groups excluding carboxylic acids is 2. The van der Waals surface area contributed by atoms with Gasteiger partial charge >= 0.3 is 0 Å². The van der Waals surface area contributed by atoms with Crippen molar-refractivity contribution in [1.82, 2.24) is 15.1 Å². The van der Waals surface area contributed by atoms with Crippen LogP contribution in [0.3, 0.4) is 0 Å². The van der Waals surface area contributed by atoms with Crippen LogP contribution in [0, 0.1) is 0 Å². The Morgan fingerprint density at radius 3 is 2.40 bits per heavy atom. The molecule has 2 heterocycles. The first-order valence-electron chi connectivity index (χ1n) is 10.8. The number of hydrogen-bond acceptors (Lipinski definition) is 4. The summed E-state index contributed by atoms with van der Waals surface area (Å²) in [5, 5.41) is 4.16. The van der Waals surface area contributed by atoms with Crippen molar-refractivity contribution < 1.29 is 14.3 Å². The van der Waals surface area contributed by atoms with E-state index in [1.165, 1.54) is 0 Å². The van der Waals surface area contributed by atoms with Gasteiger partial charge in [-0.2, -0.15) is 0 Å². The Kier molecular flexibility index (Phi) is 6.58. The van der Waals surface area contributed by atoms with E-state index in [1.54, 1.807) is 12.1 Å². The third-order valence-electron chi connectivity index (χ3n) is 6.65. The molecule has 2 aliphatic heterocycles. The molecule has 0 radical (unpaired) electrons. The van der Waals surface area contributed by atoms with Crippen molar-refractivity contribution in [1.29, 1.82) is 0 Å². The fourth-order valence-electron chi connectivity index (χ4n) is 4.53. The molecular weight excluding hydrogens is 425 g/mol. The molecule has 30 heavy (non-hydrogen) atoms. The minimum atomic E-state index is -0.683. The number of hydrogen-bond donors (Lipinski definition) is 1. The number of benzene rings is 1. The van der Waals surface area contributed by atoms with Crippen LogP contribution in [-0.2, 0) is 19.7 Å². The molecule has 1 N–H and O–H groups in total. The largest absolute Gasteiger partial charge is 0.381 e. The predicted molar refractivity (Wildman–Crippen MR) is 117 cm³/mol. The van der Waals surface area contributed by atoms with Gasteiger partial charge in [0.15, 0.2) is 0 Å². The van der Waals surface area contributed by atoms with Gasteiger partial charge in [0.2, 0.25) is 11.8 Å². The summed E-state index contributed by atoms with van der Waals surface area (Å²) >= 11 is 12.6. The first-order valence-corrected chi connectivity index (χ1v) is 11.5. The second-order valence-corrected chi connectivity index (χ2v) is 9.45. The number of ether oxygens (including phenoxy) is 1. The van der Waals surface area contributed by atoms with Crippen molar-refractivity contribution >= 4 is 35.0 Å². The Balaban J connectivity index is 1.46. The van der Waals surface area contributed by atoms with Gasteiger partial charge in [0, 0.05) is 55.5 Å². The number of piperazine rings is 1. The van der Waals surface area contributed by atoms with Crippen LogP contribution < -0.4 is 5.32 Å². The van der Waals surface area contributed by atoms with Crippen LogP contribution in [0.15, 0.2) is 18.2 Å². The molecule has 0 bridgehead atoms. The molecule has 1 saturated carbocycles. The summed E-state index contributed by atoms with van der Waals surface area (Å²) in [6, 6.07) is 5.58. The molecule has 4 rings (SSSR count). The molecule has 1 aromatic carbocycles. The first kappa shape index (κ1) is 21.9. The average molecular weight is 454 g/mol. The summed E-state index contributed by atoms with van der Waals surface area (Å²) < 4.78 is 5.57. The topological polar surface area (TPSA) is 61.9 Å². The smallest absolute Gasteiger partial charge is 0.237 e. The van der Waals surface area contributed by atoms with Gasteiger partial charge in [0.05, 0.1) is 11.5 Å². The summed E-state index contributed by atoms with van der Waals surface area (Å²) in [5.74, 6) is 0.191. The van der Waals surface area contributed by atoms with Crippen LogP contribution in [0.2, 0.25) is 10.0 Å². The highest BCUT2D eigenvalue weighted by atomic mass is 35.5. The minimum absolute atomic E-state index is 0.0890. The molecule has 0 aromatic heterocycles. The molecule has 3 aliphatic rings. The van der Waals surface area contributed by atoms with E-state index in [0.29, 0.717) is 68.3 Å². The highest BCUT2D eigenvalue weighted by Gasteiger charge is 2.46. The zero-order valence-corrected chi connectivity index (χ0v) is 18.8. The van der Waals surface area contributed by atoms with Gasteiger partial charge in [0.25, 0.3) is 0 Å². The van der Waals surface area contributed by atoms with E-state index in [2.05, 4.69) is 10.2 Å². The number of nitrogens with one attached hydrogen (secondary N) is 1. The Morgan fingerprint density at radius 1 is 1.13 bits per heavy atom. The lowest BCUT2D eigenvalue weighted by molar-refractivity contribution is -0.143. The number of carbonyl (C=O) groups is 2. The number of amides is 2. The molecule has 164 valence electrons. The van der Waals surface area contributed by atoms with Gasteiger partial charge in [-0.3, -0.25) is 14.5 Å². The van der Waals surface area contributed by atoms with E-state index in [4.69, 9.17) is 27.9 Å². The van der Waals surface area contributed by atoms with E-state index >= 15 is 0 Å². The molecular formula is C22H29Cl2N3O3. The van der Waals surface area contributed by atoms with Gasteiger partial charge in [0.1, 0.15) is 0 Å². The quantitative estimate of drug-likeness (QED) is 0.744. The lowest BCUT2D eigenvalue weighted by Crippen LogP contribution is -2.58. The zero-order valence-electron chi connectivity index (χ0n) is 17.3. The molecule has 1 unspecified atom stereocenters. The van der Waals surface area contributed by atoms with Crippen molar-refractivity contribution in [2.45, 2.75) is 50.1 Å². The van der Waals surface area contributed by atoms with Crippen LogP contribution in [0.4, 0.5) is 0 Å². The van der Waals surface area contributed by atoms with Crippen LogP contribution >= 0.6 is 23.2 Å². The molecule has 1 aromatic rings. The molecule has 0 spiro atoms.